The highest BCUT2D eigenvalue weighted by Crippen LogP contribution is 1.89. The first kappa shape index (κ1) is 5.03. The quantitative estimate of drug-likeness (QED) is 0.327. The molecule has 42 valence electrons. The van der Waals surface area contributed by atoms with Crippen LogP contribution in [0.4, 0.5) is 0 Å². The summed E-state index contributed by atoms with van der Waals surface area (Å²) in [4.78, 5) is 10.3. The van der Waals surface area contributed by atoms with Crippen LogP contribution in [-0.4, -0.2) is 16.7 Å². The summed E-state index contributed by atoms with van der Waals surface area (Å²) in [7, 11) is 0. The van der Waals surface area contributed by atoms with E-state index in [-0.39, 0.29) is 5.78 Å². The van der Waals surface area contributed by atoms with Gasteiger partial charge in [0.05, 0.1) is 0 Å². The van der Waals surface area contributed by atoms with Crippen LogP contribution in [0.1, 0.15) is 6.42 Å². The lowest BCUT2D eigenvalue weighted by Crippen LogP contribution is -2.10. The minimum absolute atomic E-state index is 0.137. The maximum atomic E-state index is 10.3. The lowest BCUT2D eigenvalue weighted by molar-refractivity contribution is -0.373. The van der Waals surface area contributed by atoms with E-state index in [1.54, 1.807) is 0 Å². The largest absolute Gasteiger partial charge is 0.619 e. The van der Waals surface area contributed by atoms with Crippen molar-refractivity contribution >= 4 is 12.0 Å². The van der Waals surface area contributed by atoms with Crippen molar-refractivity contribution in [2.45, 2.75) is 6.42 Å². The molecule has 0 saturated carbocycles. The lowest BCUT2D eigenvalue weighted by atomic mass is 10.3. The number of nitrogens with zero attached hydrogens (tertiary/aromatic N) is 1. The van der Waals surface area contributed by atoms with E-state index in [9.17, 15) is 10.0 Å². The zero-order valence-electron chi connectivity index (χ0n) is 4.20. The third kappa shape index (κ3) is 0.932. The summed E-state index contributed by atoms with van der Waals surface area (Å²) >= 11 is 0. The van der Waals surface area contributed by atoms with Crippen molar-refractivity contribution in [3.63, 3.8) is 0 Å². The van der Waals surface area contributed by atoms with Crippen LogP contribution in [-0.2, 0) is 4.79 Å². The molecule has 0 spiro atoms. The first-order valence-electron chi connectivity index (χ1n) is 2.29. The Bertz CT molecular complexity index is 169. The number of carbonyl (C=O) groups is 1. The summed E-state index contributed by atoms with van der Waals surface area (Å²) in [5, 5.41) is 10.2. The molecule has 0 aromatic carbocycles. The molecule has 0 unspecified atom stereocenters. The Labute approximate surface area is 46.5 Å². The van der Waals surface area contributed by atoms with Crippen LogP contribution in [0.25, 0.3) is 0 Å². The molecule has 8 heavy (non-hydrogen) atoms. The SMILES string of the molecule is O=C1C=[N+]([O-])C=CC1. The monoisotopic (exact) mass is 111 g/mol. The molecule has 3 heteroatoms. The van der Waals surface area contributed by atoms with E-state index in [4.69, 9.17) is 0 Å². The fourth-order valence-electron chi connectivity index (χ4n) is 0.510. The summed E-state index contributed by atoms with van der Waals surface area (Å²) in [6.07, 6.45) is 4.25. The van der Waals surface area contributed by atoms with Crippen molar-refractivity contribution in [2.75, 3.05) is 0 Å². The minimum Gasteiger partial charge on any atom is -0.619 e. The second kappa shape index (κ2) is 1.78. The molecule has 0 amide bonds. The van der Waals surface area contributed by atoms with Crippen molar-refractivity contribution in [1.29, 1.82) is 0 Å². The number of allylic oxidation sites excluding steroid dienone is 1. The smallest absolute Gasteiger partial charge is 0.224 e. The van der Waals surface area contributed by atoms with Crippen molar-refractivity contribution in [1.82, 2.24) is 0 Å². The molecule has 0 aromatic heterocycles. The first-order valence-corrected chi connectivity index (χ1v) is 2.29. The molecule has 0 saturated heterocycles. The Morgan fingerprint density at radius 3 is 2.88 bits per heavy atom. The maximum absolute atomic E-state index is 10.3. The number of hydroxylamine groups is 1. The number of Topliss-reactive ketones (excluding diaryl/α,β-unsaturated/α-hetero) is 1. The molecule has 1 heterocycles. The topological polar surface area (TPSA) is 43.1 Å². The van der Waals surface area contributed by atoms with Gasteiger partial charge in [-0.1, -0.05) is 0 Å². The summed E-state index contributed by atoms with van der Waals surface area (Å²) in [6, 6.07) is 0. The van der Waals surface area contributed by atoms with Crippen molar-refractivity contribution in [2.24, 2.45) is 0 Å². The molecule has 0 aromatic rings. The van der Waals surface area contributed by atoms with Gasteiger partial charge < -0.3 is 5.21 Å². The van der Waals surface area contributed by atoms with Gasteiger partial charge in [0.25, 0.3) is 0 Å². The van der Waals surface area contributed by atoms with Gasteiger partial charge in [-0.25, -0.2) is 0 Å². The molecule has 1 rings (SSSR count). The summed E-state index contributed by atoms with van der Waals surface area (Å²) in [6.45, 7) is 0. The highest BCUT2D eigenvalue weighted by Gasteiger charge is 2.03. The number of rotatable bonds is 0. The molecule has 0 atom stereocenters. The van der Waals surface area contributed by atoms with E-state index in [1.165, 1.54) is 12.3 Å². The van der Waals surface area contributed by atoms with Gasteiger partial charge in [-0.3, -0.25) is 4.79 Å². The van der Waals surface area contributed by atoms with Gasteiger partial charge in [-0.2, -0.15) is 4.74 Å². The van der Waals surface area contributed by atoms with E-state index < -0.39 is 0 Å². The minimum atomic E-state index is -0.137. The van der Waals surface area contributed by atoms with E-state index in [2.05, 4.69) is 0 Å². The van der Waals surface area contributed by atoms with Crippen LogP contribution in [0, 0.1) is 5.21 Å². The van der Waals surface area contributed by atoms with Crippen LogP contribution < -0.4 is 0 Å². The average molecular weight is 111 g/mol. The summed E-state index contributed by atoms with van der Waals surface area (Å²) < 4.78 is 0.506. The number of ketones is 1. The van der Waals surface area contributed by atoms with Crippen molar-refractivity contribution in [3.8, 4) is 0 Å². The van der Waals surface area contributed by atoms with Gasteiger partial charge in [0.15, 0.2) is 6.20 Å². The summed E-state index contributed by atoms with van der Waals surface area (Å²) in [5.74, 6) is -0.137. The molecule has 1 aliphatic rings. The fourth-order valence-corrected chi connectivity index (χ4v) is 0.510. The maximum Gasteiger partial charge on any atom is 0.224 e. The highest BCUT2D eigenvalue weighted by atomic mass is 16.5. The third-order valence-electron chi connectivity index (χ3n) is 0.843. The fraction of sp³-hybridized carbons (Fsp3) is 0.200. The van der Waals surface area contributed by atoms with Crippen LogP contribution in [0.3, 0.4) is 0 Å². The molecule has 0 N–H and O–H groups in total. The number of hydrogen-bond acceptors (Lipinski definition) is 2. The standard InChI is InChI=1S/C5H5NO2/c7-5-2-1-3-6(8)4-5/h1,3-4H,2H2. The normalized spacial score (nSPS) is 18.5. The Hall–Kier alpha value is -1.12. The third-order valence-corrected chi connectivity index (χ3v) is 0.843. The molecular weight excluding hydrogens is 106 g/mol. The second-order valence-corrected chi connectivity index (χ2v) is 1.54. The van der Waals surface area contributed by atoms with Gasteiger partial charge >= 0.3 is 0 Å². The van der Waals surface area contributed by atoms with E-state index >= 15 is 0 Å². The molecule has 0 aliphatic carbocycles. The zero-order valence-corrected chi connectivity index (χ0v) is 4.20. The predicted molar refractivity (Wildman–Crippen MR) is 28.5 cm³/mol. The van der Waals surface area contributed by atoms with Gasteiger partial charge in [0, 0.05) is 6.42 Å². The van der Waals surface area contributed by atoms with Gasteiger partial charge in [-0.05, 0) is 6.08 Å². The van der Waals surface area contributed by atoms with Crippen molar-refractivity contribution < 1.29 is 9.53 Å². The molecule has 0 bridgehead atoms. The van der Waals surface area contributed by atoms with E-state index in [0.717, 1.165) is 6.21 Å². The van der Waals surface area contributed by atoms with E-state index in [1.807, 2.05) is 0 Å². The van der Waals surface area contributed by atoms with Gasteiger partial charge in [0.2, 0.25) is 12.0 Å². The summed E-state index contributed by atoms with van der Waals surface area (Å²) in [5.41, 5.74) is 0. The molecule has 3 nitrogen and oxygen atoms in total. The second-order valence-electron chi connectivity index (χ2n) is 1.54. The Kier molecular flexibility index (Phi) is 1.12. The van der Waals surface area contributed by atoms with Crippen LogP contribution >= 0.6 is 0 Å². The van der Waals surface area contributed by atoms with Crippen LogP contribution in [0.5, 0.6) is 0 Å². The zero-order chi connectivity index (χ0) is 5.98. The predicted octanol–water partition coefficient (Wildman–Crippen LogP) is 0.0540. The molecular formula is C5H5NO2. The van der Waals surface area contributed by atoms with E-state index in [0.29, 0.717) is 11.2 Å². The van der Waals surface area contributed by atoms with Gasteiger partial charge in [-0.15, -0.1) is 0 Å². The number of carbonyl (C=O) groups excluding carboxylic acids is 1. The Balaban J connectivity index is 2.77. The first-order chi connectivity index (χ1) is 3.79. The average Bonchev–Trinajstić information content (AvgIpc) is 1.64. The molecule has 0 fully saturated rings. The lowest BCUT2D eigenvalue weighted by Gasteiger charge is -1.97. The Morgan fingerprint density at radius 1 is 1.75 bits per heavy atom. The van der Waals surface area contributed by atoms with Crippen LogP contribution in [0.2, 0.25) is 0 Å². The number of hydrogen-bond donors (Lipinski definition) is 0. The highest BCUT2D eigenvalue weighted by molar-refractivity contribution is 6.26. The molecule has 0 radical (unpaired) electrons. The van der Waals surface area contributed by atoms with Crippen molar-refractivity contribution in [3.05, 3.63) is 17.5 Å². The Morgan fingerprint density at radius 2 is 2.50 bits per heavy atom. The van der Waals surface area contributed by atoms with Gasteiger partial charge in [0.1, 0.15) is 0 Å². The molecule has 1 aliphatic heterocycles. The van der Waals surface area contributed by atoms with Crippen LogP contribution in [0.15, 0.2) is 12.3 Å².